The highest BCUT2D eigenvalue weighted by Crippen LogP contribution is 2.37. The Labute approximate surface area is 278 Å². The van der Waals surface area contributed by atoms with Crippen molar-refractivity contribution < 1.29 is 0 Å². The van der Waals surface area contributed by atoms with E-state index in [1.54, 1.807) is 0 Å². The Kier molecular flexibility index (Phi) is 6.80. The van der Waals surface area contributed by atoms with Crippen LogP contribution in [0.25, 0.3) is 88.7 Å². The molecule has 0 aliphatic heterocycles. The largest absolute Gasteiger partial charge is 0.208 e. The average molecular weight is 612 g/mol. The van der Waals surface area contributed by atoms with Gasteiger partial charge in [-0.25, -0.2) is 15.0 Å². The summed E-state index contributed by atoms with van der Waals surface area (Å²) in [6.45, 7) is 0. The average Bonchev–Trinajstić information content (AvgIpc) is 3.17. The second-order valence-electron chi connectivity index (χ2n) is 12.1. The molecule has 1 heterocycles. The van der Waals surface area contributed by atoms with Gasteiger partial charge in [-0.15, -0.1) is 0 Å². The standard InChI is InChI=1S/C45H29N3/c1-2-12-33(13-3-1)43-46-44(34-22-18-32(19-23-34)37-24-20-30-10-4-6-14-35(30)28-37)48-45(47-43)42-27-26-39(40-16-8-9-17-41(40)42)38-25-21-31-11-5-7-15-36(31)29-38/h1-29H. The first-order valence-corrected chi connectivity index (χ1v) is 16.2. The van der Waals surface area contributed by atoms with Gasteiger partial charge < -0.3 is 0 Å². The first-order valence-electron chi connectivity index (χ1n) is 16.2. The Balaban J connectivity index is 1.17. The number of rotatable bonds is 5. The second-order valence-corrected chi connectivity index (χ2v) is 12.1. The van der Waals surface area contributed by atoms with Crippen molar-refractivity contribution in [1.82, 2.24) is 15.0 Å². The molecule has 0 aliphatic carbocycles. The lowest BCUT2D eigenvalue weighted by atomic mass is 9.93. The molecule has 0 radical (unpaired) electrons. The van der Waals surface area contributed by atoms with Crippen LogP contribution in [0.15, 0.2) is 176 Å². The highest BCUT2D eigenvalue weighted by atomic mass is 15.0. The van der Waals surface area contributed by atoms with Crippen molar-refractivity contribution in [3.8, 4) is 56.4 Å². The molecule has 48 heavy (non-hydrogen) atoms. The molecule has 0 N–H and O–H groups in total. The number of hydrogen-bond acceptors (Lipinski definition) is 3. The van der Waals surface area contributed by atoms with E-state index in [1.165, 1.54) is 38.2 Å². The Bertz CT molecular complexity index is 2610. The van der Waals surface area contributed by atoms with Gasteiger partial charge in [0.1, 0.15) is 0 Å². The van der Waals surface area contributed by atoms with Crippen LogP contribution in [0.5, 0.6) is 0 Å². The topological polar surface area (TPSA) is 38.7 Å². The highest BCUT2D eigenvalue weighted by Gasteiger charge is 2.16. The zero-order valence-corrected chi connectivity index (χ0v) is 26.1. The Hall–Kier alpha value is -6.45. The molecule has 0 unspecified atom stereocenters. The predicted octanol–water partition coefficient (Wildman–Crippen LogP) is 11.7. The molecule has 0 spiro atoms. The van der Waals surface area contributed by atoms with E-state index in [2.05, 4.69) is 146 Å². The van der Waals surface area contributed by atoms with Gasteiger partial charge in [0.2, 0.25) is 0 Å². The zero-order valence-electron chi connectivity index (χ0n) is 26.1. The van der Waals surface area contributed by atoms with E-state index < -0.39 is 0 Å². The number of aromatic nitrogens is 3. The molecule has 9 rings (SSSR count). The van der Waals surface area contributed by atoms with Crippen LogP contribution >= 0.6 is 0 Å². The summed E-state index contributed by atoms with van der Waals surface area (Å²) in [7, 11) is 0. The fourth-order valence-electron chi connectivity index (χ4n) is 6.63. The third-order valence-electron chi connectivity index (χ3n) is 9.12. The Morgan fingerprint density at radius 2 is 0.688 bits per heavy atom. The molecule has 3 heteroatoms. The maximum Gasteiger partial charge on any atom is 0.164 e. The summed E-state index contributed by atoms with van der Waals surface area (Å²) in [5.74, 6) is 1.95. The van der Waals surface area contributed by atoms with Crippen molar-refractivity contribution in [1.29, 1.82) is 0 Å². The number of fused-ring (bicyclic) bond motifs is 3. The number of nitrogens with zero attached hydrogens (tertiary/aromatic N) is 3. The van der Waals surface area contributed by atoms with Crippen molar-refractivity contribution in [2.24, 2.45) is 0 Å². The highest BCUT2D eigenvalue weighted by molar-refractivity contribution is 6.05. The zero-order chi connectivity index (χ0) is 31.9. The summed E-state index contributed by atoms with van der Waals surface area (Å²) < 4.78 is 0. The minimum absolute atomic E-state index is 0.645. The van der Waals surface area contributed by atoms with Gasteiger partial charge in [0.25, 0.3) is 0 Å². The van der Waals surface area contributed by atoms with Crippen LogP contribution in [0.3, 0.4) is 0 Å². The van der Waals surface area contributed by atoms with E-state index >= 15 is 0 Å². The third kappa shape index (κ3) is 5.08. The van der Waals surface area contributed by atoms with Crippen LogP contribution < -0.4 is 0 Å². The van der Waals surface area contributed by atoms with Gasteiger partial charge >= 0.3 is 0 Å². The van der Waals surface area contributed by atoms with Crippen LogP contribution in [0.4, 0.5) is 0 Å². The second kappa shape index (κ2) is 11.7. The molecule has 0 amide bonds. The lowest BCUT2D eigenvalue weighted by molar-refractivity contribution is 1.08. The quantitative estimate of drug-likeness (QED) is 0.194. The molecule has 3 nitrogen and oxygen atoms in total. The summed E-state index contributed by atoms with van der Waals surface area (Å²) >= 11 is 0. The summed E-state index contributed by atoms with van der Waals surface area (Å²) in [5, 5.41) is 7.19. The fraction of sp³-hybridized carbons (Fsp3) is 0. The maximum absolute atomic E-state index is 5.11. The van der Waals surface area contributed by atoms with Crippen molar-refractivity contribution in [2.75, 3.05) is 0 Å². The van der Waals surface area contributed by atoms with Crippen molar-refractivity contribution >= 4 is 32.3 Å². The van der Waals surface area contributed by atoms with Gasteiger partial charge in [-0.2, -0.15) is 0 Å². The van der Waals surface area contributed by atoms with Gasteiger partial charge in [-0.1, -0.05) is 158 Å². The molecule has 224 valence electrons. The van der Waals surface area contributed by atoms with Gasteiger partial charge in [0.05, 0.1) is 0 Å². The lowest BCUT2D eigenvalue weighted by Crippen LogP contribution is -2.00. The minimum atomic E-state index is 0.645. The Morgan fingerprint density at radius 3 is 1.35 bits per heavy atom. The lowest BCUT2D eigenvalue weighted by Gasteiger charge is -2.13. The third-order valence-corrected chi connectivity index (χ3v) is 9.12. The van der Waals surface area contributed by atoms with E-state index in [0.717, 1.165) is 33.0 Å². The first kappa shape index (κ1) is 27.8. The smallest absolute Gasteiger partial charge is 0.164 e. The van der Waals surface area contributed by atoms with Gasteiger partial charge in [0.15, 0.2) is 17.5 Å². The molecule has 0 aliphatic rings. The molecule has 0 saturated heterocycles. The van der Waals surface area contributed by atoms with Gasteiger partial charge in [0, 0.05) is 16.7 Å². The maximum atomic E-state index is 5.11. The van der Waals surface area contributed by atoms with E-state index in [1.807, 2.05) is 30.3 Å². The summed E-state index contributed by atoms with van der Waals surface area (Å²) in [6.07, 6.45) is 0. The number of hydrogen-bond donors (Lipinski definition) is 0. The molecule has 0 saturated carbocycles. The van der Waals surface area contributed by atoms with Crippen LogP contribution in [-0.4, -0.2) is 15.0 Å². The van der Waals surface area contributed by atoms with Crippen molar-refractivity contribution in [3.05, 3.63) is 176 Å². The van der Waals surface area contributed by atoms with Crippen LogP contribution in [0, 0.1) is 0 Å². The molecule has 8 aromatic carbocycles. The van der Waals surface area contributed by atoms with Gasteiger partial charge in [-0.05, 0) is 72.8 Å². The first-order chi connectivity index (χ1) is 23.8. The van der Waals surface area contributed by atoms with Crippen molar-refractivity contribution in [3.63, 3.8) is 0 Å². The minimum Gasteiger partial charge on any atom is -0.208 e. The predicted molar refractivity (Wildman–Crippen MR) is 200 cm³/mol. The molecule has 0 atom stereocenters. The van der Waals surface area contributed by atoms with Crippen molar-refractivity contribution in [2.45, 2.75) is 0 Å². The fourth-order valence-corrected chi connectivity index (χ4v) is 6.63. The summed E-state index contributed by atoms with van der Waals surface area (Å²) in [6, 6.07) is 61.8. The molecule has 9 aromatic rings. The number of benzene rings is 8. The SMILES string of the molecule is c1ccc(-c2nc(-c3ccc(-c4ccc5ccccc5c4)cc3)nc(-c3ccc(-c4ccc5ccccc5c4)c4ccccc34)n2)cc1. The van der Waals surface area contributed by atoms with Crippen LogP contribution in [0.2, 0.25) is 0 Å². The normalized spacial score (nSPS) is 11.3. The van der Waals surface area contributed by atoms with E-state index in [4.69, 9.17) is 15.0 Å². The van der Waals surface area contributed by atoms with E-state index in [0.29, 0.717) is 17.5 Å². The Morgan fingerprint density at radius 1 is 0.250 bits per heavy atom. The monoisotopic (exact) mass is 611 g/mol. The van der Waals surface area contributed by atoms with Gasteiger partial charge in [-0.3, -0.25) is 0 Å². The molecule has 0 fully saturated rings. The van der Waals surface area contributed by atoms with Crippen LogP contribution in [-0.2, 0) is 0 Å². The summed E-state index contributed by atoms with van der Waals surface area (Å²) in [5.41, 5.74) is 7.57. The summed E-state index contributed by atoms with van der Waals surface area (Å²) in [4.78, 5) is 15.2. The van der Waals surface area contributed by atoms with E-state index in [9.17, 15) is 0 Å². The van der Waals surface area contributed by atoms with E-state index in [-0.39, 0.29) is 0 Å². The molecular formula is C45H29N3. The molecular weight excluding hydrogens is 583 g/mol. The van der Waals surface area contributed by atoms with Crippen LogP contribution in [0.1, 0.15) is 0 Å². The molecule has 0 bridgehead atoms. The molecule has 1 aromatic heterocycles.